The van der Waals surface area contributed by atoms with Gasteiger partial charge >= 0.3 is 0 Å². The van der Waals surface area contributed by atoms with Crippen molar-refractivity contribution in [3.63, 3.8) is 0 Å². The predicted molar refractivity (Wildman–Crippen MR) is 76.2 cm³/mol. The van der Waals surface area contributed by atoms with Crippen LogP contribution in [0.1, 0.15) is 32.4 Å². The van der Waals surface area contributed by atoms with E-state index in [0.717, 1.165) is 25.2 Å². The van der Waals surface area contributed by atoms with Crippen molar-refractivity contribution in [2.75, 3.05) is 19.6 Å². The highest BCUT2D eigenvalue weighted by Gasteiger charge is 2.33. The van der Waals surface area contributed by atoms with Crippen LogP contribution < -0.4 is 5.32 Å². The van der Waals surface area contributed by atoms with E-state index >= 15 is 0 Å². The molecule has 1 N–H and O–H groups in total. The van der Waals surface area contributed by atoms with Crippen LogP contribution in [0, 0.1) is 5.82 Å². The number of hydrogen-bond acceptors (Lipinski definition) is 2. The number of hydrogen-bond donors (Lipinski definition) is 1. The van der Waals surface area contributed by atoms with E-state index in [1.54, 1.807) is 0 Å². The molecular formula is C14H20BrFN2. The molecule has 0 spiro atoms. The second kappa shape index (κ2) is 5.27. The van der Waals surface area contributed by atoms with E-state index in [-0.39, 0.29) is 11.4 Å². The minimum atomic E-state index is -0.203. The first-order chi connectivity index (χ1) is 8.42. The fourth-order valence-electron chi connectivity index (χ4n) is 2.67. The van der Waals surface area contributed by atoms with Gasteiger partial charge in [0.25, 0.3) is 0 Å². The Labute approximate surface area is 117 Å². The maximum Gasteiger partial charge on any atom is 0.137 e. The average molecular weight is 315 g/mol. The van der Waals surface area contributed by atoms with Crippen LogP contribution >= 0.6 is 15.9 Å². The van der Waals surface area contributed by atoms with E-state index in [1.165, 1.54) is 6.07 Å². The highest BCUT2D eigenvalue weighted by Crippen LogP contribution is 2.30. The van der Waals surface area contributed by atoms with Crippen LogP contribution in [-0.4, -0.2) is 30.1 Å². The Morgan fingerprint density at radius 3 is 2.78 bits per heavy atom. The molecule has 4 heteroatoms. The third-order valence-corrected chi connectivity index (χ3v) is 4.37. The molecule has 100 valence electrons. The first-order valence-corrected chi connectivity index (χ1v) is 7.13. The van der Waals surface area contributed by atoms with Gasteiger partial charge in [-0.2, -0.15) is 0 Å². The quantitative estimate of drug-likeness (QED) is 0.900. The van der Waals surface area contributed by atoms with E-state index in [2.05, 4.69) is 46.9 Å². The molecule has 0 radical (unpaired) electrons. The highest BCUT2D eigenvalue weighted by atomic mass is 79.9. The highest BCUT2D eigenvalue weighted by molar-refractivity contribution is 9.10. The number of rotatable bonds is 2. The van der Waals surface area contributed by atoms with Gasteiger partial charge in [-0.3, -0.25) is 4.90 Å². The smallest absolute Gasteiger partial charge is 0.137 e. The predicted octanol–water partition coefficient (Wildman–Crippen LogP) is 3.33. The molecule has 0 saturated carbocycles. The molecule has 0 aliphatic carbocycles. The molecule has 0 bridgehead atoms. The van der Waals surface area contributed by atoms with Gasteiger partial charge in [-0.15, -0.1) is 0 Å². The molecule has 0 amide bonds. The zero-order valence-corrected chi connectivity index (χ0v) is 12.7. The molecule has 1 saturated heterocycles. The van der Waals surface area contributed by atoms with E-state index in [0.29, 0.717) is 10.5 Å². The van der Waals surface area contributed by atoms with Crippen molar-refractivity contribution in [2.45, 2.75) is 32.4 Å². The molecule has 1 heterocycles. The van der Waals surface area contributed by atoms with Crippen LogP contribution in [-0.2, 0) is 0 Å². The van der Waals surface area contributed by atoms with E-state index in [9.17, 15) is 4.39 Å². The first kappa shape index (κ1) is 14.0. The lowest BCUT2D eigenvalue weighted by atomic mass is 9.95. The van der Waals surface area contributed by atoms with Gasteiger partial charge in [0.05, 0.1) is 4.47 Å². The van der Waals surface area contributed by atoms with Crippen molar-refractivity contribution in [1.82, 2.24) is 10.2 Å². The summed E-state index contributed by atoms with van der Waals surface area (Å²) in [6.45, 7) is 9.69. The van der Waals surface area contributed by atoms with Crippen LogP contribution in [0.4, 0.5) is 4.39 Å². The summed E-state index contributed by atoms with van der Waals surface area (Å²) in [5.74, 6) is -0.203. The fourth-order valence-corrected chi connectivity index (χ4v) is 3.06. The summed E-state index contributed by atoms with van der Waals surface area (Å²) < 4.78 is 13.8. The van der Waals surface area contributed by atoms with E-state index in [1.807, 2.05) is 12.1 Å². The van der Waals surface area contributed by atoms with Crippen LogP contribution in [0.3, 0.4) is 0 Å². The Morgan fingerprint density at radius 2 is 2.17 bits per heavy atom. The SMILES string of the molecule is CC(c1ccc(F)c(Br)c1)N1CCNCC1(C)C. The molecule has 1 atom stereocenters. The third kappa shape index (κ3) is 2.76. The topological polar surface area (TPSA) is 15.3 Å². The summed E-state index contributed by atoms with van der Waals surface area (Å²) in [7, 11) is 0. The number of nitrogens with one attached hydrogen (secondary N) is 1. The molecule has 1 unspecified atom stereocenters. The lowest BCUT2D eigenvalue weighted by Gasteiger charge is -2.46. The van der Waals surface area contributed by atoms with Gasteiger partial charge in [0, 0.05) is 31.2 Å². The van der Waals surface area contributed by atoms with Crippen molar-refractivity contribution in [1.29, 1.82) is 0 Å². The fraction of sp³-hybridized carbons (Fsp3) is 0.571. The summed E-state index contributed by atoms with van der Waals surface area (Å²) in [6, 6.07) is 5.59. The van der Waals surface area contributed by atoms with Crippen molar-refractivity contribution in [3.05, 3.63) is 34.1 Å². The maximum atomic E-state index is 13.3. The summed E-state index contributed by atoms with van der Waals surface area (Å²) in [5, 5.41) is 3.42. The van der Waals surface area contributed by atoms with Gasteiger partial charge in [0.1, 0.15) is 5.82 Å². The molecule has 2 rings (SSSR count). The van der Waals surface area contributed by atoms with E-state index in [4.69, 9.17) is 0 Å². The number of piperazine rings is 1. The van der Waals surface area contributed by atoms with Gasteiger partial charge in [-0.1, -0.05) is 6.07 Å². The van der Waals surface area contributed by atoms with Crippen molar-refractivity contribution in [3.8, 4) is 0 Å². The summed E-state index contributed by atoms with van der Waals surface area (Å²) >= 11 is 3.26. The second-order valence-corrected chi connectivity index (χ2v) is 6.39. The van der Waals surface area contributed by atoms with Crippen LogP contribution in [0.5, 0.6) is 0 Å². The molecule has 1 aliphatic rings. The summed E-state index contributed by atoms with van der Waals surface area (Å²) in [4.78, 5) is 2.48. The molecule has 0 aromatic heterocycles. The largest absolute Gasteiger partial charge is 0.314 e. The first-order valence-electron chi connectivity index (χ1n) is 6.34. The van der Waals surface area contributed by atoms with Gasteiger partial charge in [0.15, 0.2) is 0 Å². The standard InChI is InChI=1S/C14H20BrFN2/c1-10(11-4-5-13(16)12(15)8-11)18-7-6-17-9-14(18,2)3/h4-5,8,10,17H,6-7,9H2,1-3H3. The van der Waals surface area contributed by atoms with Crippen LogP contribution in [0.15, 0.2) is 22.7 Å². The molecule has 1 aromatic carbocycles. The lowest BCUT2D eigenvalue weighted by Crippen LogP contribution is -2.58. The zero-order valence-electron chi connectivity index (χ0n) is 11.1. The number of nitrogens with zero attached hydrogens (tertiary/aromatic N) is 1. The minimum Gasteiger partial charge on any atom is -0.314 e. The average Bonchev–Trinajstić information content (AvgIpc) is 2.31. The zero-order chi connectivity index (χ0) is 13.3. The van der Waals surface area contributed by atoms with E-state index < -0.39 is 0 Å². The van der Waals surface area contributed by atoms with Crippen LogP contribution in [0.2, 0.25) is 0 Å². The third-order valence-electron chi connectivity index (χ3n) is 3.76. The van der Waals surface area contributed by atoms with Gasteiger partial charge in [0.2, 0.25) is 0 Å². The second-order valence-electron chi connectivity index (χ2n) is 5.53. The summed E-state index contributed by atoms with van der Waals surface area (Å²) in [6.07, 6.45) is 0. The van der Waals surface area contributed by atoms with Crippen LogP contribution in [0.25, 0.3) is 0 Å². The Hall–Kier alpha value is -0.450. The molecule has 18 heavy (non-hydrogen) atoms. The lowest BCUT2D eigenvalue weighted by molar-refractivity contribution is 0.0516. The minimum absolute atomic E-state index is 0.124. The Kier molecular flexibility index (Phi) is 4.09. The van der Waals surface area contributed by atoms with Crippen molar-refractivity contribution >= 4 is 15.9 Å². The normalized spacial score (nSPS) is 21.8. The van der Waals surface area contributed by atoms with Gasteiger partial charge in [-0.05, 0) is 54.4 Å². The van der Waals surface area contributed by atoms with Crippen molar-refractivity contribution < 1.29 is 4.39 Å². The molecule has 2 nitrogen and oxygen atoms in total. The molecule has 1 fully saturated rings. The molecular weight excluding hydrogens is 295 g/mol. The number of benzene rings is 1. The van der Waals surface area contributed by atoms with Gasteiger partial charge in [-0.25, -0.2) is 4.39 Å². The van der Waals surface area contributed by atoms with Crippen molar-refractivity contribution in [2.24, 2.45) is 0 Å². The maximum absolute atomic E-state index is 13.3. The Balaban J connectivity index is 2.24. The monoisotopic (exact) mass is 314 g/mol. The molecule has 1 aliphatic heterocycles. The van der Waals surface area contributed by atoms with Gasteiger partial charge < -0.3 is 5.32 Å². The summed E-state index contributed by atoms with van der Waals surface area (Å²) in [5.41, 5.74) is 1.27. The Bertz CT molecular complexity index is 434. The number of halogens is 2. The molecule has 1 aromatic rings. The Morgan fingerprint density at radius 1 is 1.44 bits per heavy atom.